The van der Waals surface area contributed by atoms with Gasteiger partial charge in [-0.3, -0.25) is 0 Å². The van der Waals surface area contributed by atoms with Gasteiger partial charge < -0.3 is 20.4 Å². The lowest BCUT2D eigenvalue weighted by molar-refractivity contribution is 0.208. The van der Waals surface area contributed by atoms with Crippen molar-refractivity contribution in [1.29, 1.82) is 0 Å². The number of aromatic nitrogens is 2. The van der Waals surface area contributed by atoms with Gasteiger partial charge in [-0.15, -0.1) is 10.2 Å². The minimum Gasteiger partial charge on any atom is -0.369 e. The molecule has 0 bridgehead atoms. The number of rotatable bonds is 4. The van der Waals surface area contributed by atoms with Crippen LogP contribution in [0, 0.1) is 0 Å². The molecule has 3 rings (SSSR count). The van der Waals surface area contributed by atoms with Crippen LogP contribution < -0.4 is 15.5 Å². The predicted molar refractivity (Wildman–Crippen MR) is 100 cm³/mol. The summed E-state index contributed by atoms with van der Waals surface area (Å²) in [4.78, 5) is 16.3. The van der Waals surface area contributed by atoms with Crippen LogP contribution in [-0.4, -0.2) is 53.9 Å². The van der Waals surface area contributed by atoms with Crippen molar-refractivity contribution < 1.29 is 4.79 Å². The second kappa shape index (κ2) is 8.02. The summed E-state index contributed by atoms with van der Waals surface area (Å²) >= 11 is 5.94. The van der Waals surface area contributed by atoms with Crippen molar-refractivity contribution in [2.75, 3.05) is 48.3 Å². The first-order chi connectivity index (χ1) is 12.2. The highest BCUT2D eigenvalue weighted by atomic mass is 35.5. The van der Waals surface area contributed by atoms with Gasteiger partial charge in [0.15, 0.2) is 5.82 Å². The molecule has 1 aliphatic heterocycles. The Labute approximate surface area is 152 Å². The molecule has 7 nitrogen and oxygen atoms in total. The van der Waals surface area contributed by atoms with E-state index >= 15 is 0 Å². The summed E-state index contributed by atoms with van der Waals surface area (Å²) < 4.78 is 0. The Morgan fingerprint density at radius 1 is 1.16 bits per heavy atom. The summed E-state index contributed by atoms with van der Waals surface area (Å²) in [5.74, 6) is 1.60. The topological polar surface area (TPSA) is 73.4 Å². The molecule has 1 saturated heterocycles. The van der Waals surface area contributed by atoms with Crippen LogP contribution in [-0.2, 0) is 0 Å². The summed E-state index contributed by atoms with van der Waals surface area (Å²) in [5.41, 5.74) is 0.699. The third-order valence-electron chi connectivity index (χ3n) is 3.98. The van der Waals surface area contributed by atoms with Crippen molar-refractivity contribution in [3.63, 3.8) is 0 Å². The molecule has 0 atom stereocenters. The second-order valence-electron chi connectivity index (χ2n) is 5.72. The van der Waals surface area contributed by atoms with Crippen molar-refractivity contribution in [2.24, 2.45) is 0 Å². The molecular weight excluding hydrogens is 340 g/mol. The van der Waals surface area contributed by atoms with Gasteiger partial charge in [-0.2, -0.15) is 0 Å². The van der Waals surface area contributed by atoms with E-state index < -0.39 is 0 Å². The minimum atomic E-state index is -0.115. The molecule has 2 N–H and O–H groups in total. The number of hydrogen-bond acceptors (Lipinski definition) is 5. The molecule has 0 radical (unpaired) electrons. The number of halogens is 1. The van der Waals surface area contributed by atoms with Crippen LogP contribution >= 0.6 is 11.6 Å². The average Bonchev–Trinajstić information content (AvgIpc) is 2.63. The fourth-order valence-corrected chi connectivity index (χ4v) is 2.87. The molecule has 2 heterocycles. The molecule has 1 fully saturated rings. The van der Waals surface area contributed by atoms with Crippen LogP contribution in [0.1, 0.15) is 6.92 Å². The lowest BCUT2D eigenvalue weighted by atomic mass is 10.3. The van der Waals surface area contributed by atoms with Crippen molar-refractivity contribution >= 4 is 35.0 Å². The fraction of sp³-hybridized carbons (Fsp3) is 0.353. The Bertz CT molecular complexity index is 715. The van der Waals surface area contributed by atoms with Gasteiger partial charge >= 0.3 is 6.03 Å². The highest BCUT2D eigenvalue weighted by molar-refractivity contribution is 6.30. The van der Waals surface area contributed by atoms with Gasteiger partial charge in [0.05, 0.1) is 0 Å². The molecule has 1 aromatic heterocycles. The first kappa shape index (κ1) is 17.3. The smallest absolute Gasteiger partial charge is 0.321 e. The van der Waals surface area contributed by atoms with Crippen molar-refractivity contribution in [2.45, 2.75) is 6.92 Å². The van der Waals surface area contributed by atoms with E-state index in [4.69, 9.17) is 11.6 Å². The monoisotopic (exact) mass is 360 g/mol. The first-order valence-corrected chi connectivity index (χ1v) is 8.67. The lowest BCUT2D eigenvalue weighted by Crippen LogP contribution is -2.50. The molecular formula is C17H21ClN6O. The van der Waals surface area contributed by atoms with Crippen LogP contribution in [0.15, 0.2) is 36.4 Å². The van der Waals surface area contributed by atoms with Gasteiger partial charge in [-0.25, -0.2) is 4.79 Å². The number of carbonyl (C=O) groups excluding carboxylic acids is 1. The summed E-state index contributed by atoms with van der Waals surface area (Å²) in [5, 5.41) is 15.0. The lowest BCUT2D eigenvalue weighted by Gasteiger charge is -2.35. The molecule has 0 unspecified atom stereocenters. The van der Waals surface area contributed by atoms with E-state index in [1.165, 1.54) is 0 Å². The number of nitrogens with one attached hydrogen (secondary N) is 2. The Balaban J connectivity index is 1.53. The maximum atomic E-state index is 12.4. The second-order valence-corrected chi connectivity index (χ2v) is 6.16. The van der Waals surface area contributed by atoms with Gasteiger partial charge in [-0.05, 0) is 37.3 Å². The predicted octanol–water partition coefficient (Wildman–Crippen LogP) is 2.92. The molecule has 0 saturated carbocycles. The number of nitrogens with zero attached hydrogens (tertiary/aromatic N) is 4. The highest BCUT2D eigenvalue weighted by Gasteiger charge is 2.22. The molecule has 1 aromatic carbocycles. The molecule has 2 aromatic rings. The van der Waals surface area contributed by atoms with E-state index in [9.17, 15) is 4.79 Å². The van der Waals surface area contributed by atoms with E-state index in [1.807, 2.05) is 31.2 Å². The van der Waals surface area contributed by atoms with E-state index in [0.29, 0.717) is 23.8 Å². The van der Waals surface area contributed by atoms with Gasteiger partial charge in [0.2, 0.25) is 0 Å². The quantitative estimate of drug-likeness (QED) is 0.877. The molecule has 2 amide bonds. The van der Waals surface area contributed by atoms with E-state index in [1.54, 1.807) is 17.0 Å². The number of hydrogen-bond donors (Lipinski definition) is 2. The van der Waals surface area contributed by atoms with Crippen LogP contribution in [0.4, 0.5) is 22.1 Å². The van der Waals surface area contributed by atoms with E-state index in [-0.39, 0.29) is 6.03 Å². The summed E-state index contributed by atoms with van der Waals surface area (Å²) in [7, 11) is 0. The third kappa shape index (κ3) is 4.51. The number of benzene rings is 1. The molecule has 132 valence electrons. The summed E-state index contributed by atoms with van der Waals surface area (Å²) in [6, 6.07) is 10.9. The minimum absolute atomic E-state index is 0.115. The van der Waals surface area contributed by atoms with Crippen molar-refractivity contribution in [3.05, 3.63) is 41.4 Å². The van der Waals surface area contributed by atoms with Crippen molar-refractivity contribution in [1.82, 2.24) is 15.1 Å². The van der Waals surface area contributed by atoms with Gasteiger partial charge in [0.1, 0.15) is 5.82 Å². The normalized spacial score (nSPS) is 14.3. The number of urea groups is 1. The number of piperazine rings is 1. The number of carbonyl (C=O) groups is 1. The zero-order valence-electron chi connectivity index (χ0n) is 14.1. The van der Waals surface area contributed by atoms with Crippen LogP contribution in [0.25, 0.3) is 0 Å². The molecule has 1 aliphatic rings. The largest absolute Gasteiger partial charge is 0.369 e. The summed E-state index contributed by atoms with van der Waals surface area (Å²) in [6.45, 7) is 5.53. The third-order valence-corrected chi connectivity index (χ3v) is 4.21. The molecule has 25 heavy (non-hydrogen) atoms. The SMILES string of the molecule is CCNc1ccc(N2CCN(C(=O)Nc3cccc(Cl)c3)CC2)nn1. The fourth-order valence-electron chi connectivity index (χ4n) is 2.68. The number of anilines is 3. The van der Waals surface area contributed by atoms with E-state index in [2.05, 4.69) is 25.7 Å². The average molecular weight is 361 g/mol. The van der Waals surface area contributed by atoms with E-state index in [0.717, 1.165) is 31.3 Å². The van der Waals surface area contributed by atoms with Gasteiger partial charge in [0, 0.05) is 43.4 Å². The Morgan fingerprint density at radius 3 is 2.60 bits per heavy atom. The zero-order chi connectivity index (χ0) is 17.6. The molecule has 0 spiro atoms. The van der Waals surface area contributed by atoms with Crippen molar-refractivity contribution in [3.8, 4) is 0 Å². The Kier molecular flexibility index (Phi) is 5.55. The maximum absolute atomic E-state index is 12.4. The zero-order valence-corrected chi connectivity index (χ0v) is 14.8. The molecule has 0 aliphatic carbocycles. The maximum Gasteiger partial charge on any atom is 0.321 e. The number of amides is 2. The van der Waals surface area contributed by atoms with Crippen LogP contribution in [0.5, 0.6) is 0 Å². The standard InChI is InChI=1S/C17H21ClN6O/c1-2-19-15-6-7-16(22-21-15)23-8-10-24(11-9-23)17(25)20-14-5-3-4-13(18)12-14/h3-7,12H,2,8-11H2,1H3,(H,19,21)(H,20,25). The Morgan fingerprint density at radius 2 is 1.96 bits per heavy atom. The highest BCUT2D eigenvalue weighted by Crippen LogP contribution is 2.17. The van der Waals surface area contributed by atoms with Crippen LogP contribution in [0.2, 0.25) is 5.02 Å². The van der Waals surface area contributed by atoms with Crippen LogP contribution in [0.3, 0.4) is 0 Å². The van der Waals surface area contributed by atoms with Gasteiger partial charge in [-0.1, -0.05) is 17.7 Å². The molecule has 8 heteroatoms. The summed E-state index contributed by atoms with van der Waals surface area (Å²) in [6.07, 6.45) is 0. The first-order valence-electron chi connectivity index (χ1n) is 8.30. The van der Waals surface area contributed by atoms with Gasteiger partial charge in [0.25, 0.3) is 0 Å². The Hall–Kier alpha value is -2.54.